The van der Waals surface area contributed by atoms with Crippen LogP contribution in [0, 0.1) is 0 Å². The van der Waals surface area contributed by atoms with Crippen molar-refractivity contribution in [2.24, 2.45) is 5.73 Å². The van der Waals surface area contributed by atoms with Gasteiger partial charge in [0.1, 0.15) is 0 Å². The third-order valence-corrected chi connectivity index (χ3v) is 3.41. The smallest absolute Gasteiger partial charge is 0.380 e. The van der Waals surface area contributed by atoms with Gasteiger partial charge in [-0.3, -0.25) is 4.90 Å². The summed E-state index contributed by atoms with van der Waals surface area (Å²) in [5.74, 6) is 0. The maximum absolute atomic E-state index is 12.7. The van der Waals surface area contributed by atoms with E-state index in [1.54, 1.807) is 6.07 Å². The molecule has 0 bridgehead atoms. The molecule has 1 aromatic rings. The molecule has 1 aliphatic heterocycles. The predicted octanol–water partition coefficient (Wildman–Crippen LogP) is 2.43. The van der Waals surface area contributed by atoms with Crippen LogP contribution in [0.4, 0.5) is 13.2 Å². The fourth-order valence-electron chi connectivity index (χ4n) is 2.31. The van der Waals surface area contributed by atoms with Crippen LogP contribution in [-0.2, 0) is 10.9 Å². The van der Waals surface area contributed by atoms with Crippen molar-refractivity contribution in [2.45, 2.75) is 18.6 Å². The molecule has 2 N–H and O–H groups in total. The van der Waals surface area contributed by atoms with Gasteiger partial charge in [-0.2, -0.15) is 13.2 Å². The van der Waals surface area contributed by atoms with Crippen LogP contribution in [0.25, 0.3) is 0 Å². The lowest BCUT2D eigenvalue weighted by Gasteiger charge is -2.24. The van der Waals surface area contributed by atoms with E-state index in [9.17, 15) is 13.2 Å². The predicted molar refractivity (Wildman–Crippen MR) is 70.2 cm³/mol. The van der Waals surface area contributed by atoms with Crippen LogP contribution < -0.4 is 5.73 Å². The second-order valence-corrected chi connectivity index (χ2v) is 5.00. The SMILES string of the molecule is NC(CN1CCCOCC1)c1cccc(C(F)(F)F)c1. The van der Waals surface area contributed by atoms with E-state index in [1.807, 2.05) is 0 Å². The van der Waals surface area contributed by atoms with Crippen molar-refractivity contribution < 1.29 is 17.9 Å². The van der Waals surface area contributed by atoms with Crippen LogP contribution in [0.3, 0.4) is 0 Å². The number of hydrogen-bond acceptors (Lipinski definition) is 3. The Hall–Kier alpha value is -1.11. The van der Waals surface area contributed by atoms with Gasteiger partial charge in [-0.15, -0.1) is 0 Å². The summed E-state index contributed by atoms with van der Waals surface area (Å²) in [5, 5.41) is 0. The van der Waals surface area contributed by atoms with Crippen LogP contribution in [0.2, 0.25) is 0 Å². The normalized spacial score (nSPS) is 19.6. The third kappa shape index (κ3) is 4.19. The Morgan fingerprint density at radius 3 is 2.80 bits per heavy atom. The van der Waals surface area contributed by atoms with E-state index < -0.39 is 17.8 Å². The van der Waals surface area contributed by atoms with Gasteiger partial charge >= 0.3 is 6.18 Å². The summed E-state index contributed by atoms with van der Waals surface area (Å²) in [7, 11) is 0. The van der Waals surface area contributed by atoms with Crippen molar-refractivity contribution in [3.63, 3.8) is 0 Å². The van der Waals surface area contributed by atoms with E-state index >= 15 is 0 Å². The number of rotatable bonds is 3. The Bertz CT molecular complexity index is 429. The number of nitrogens with two attached hydrogens (primary N) is 1. The first-order valence-electron chi connectivity index (χ1n) is 6.69. The third-order valence-electron chi connectivity index (χ3n) is 3.41. The number of benzene rings is 1. The van der Waals surface area contributed by atoms with Crippen LogP contribution in [0.5, 0.6) is 0 Å². The lowest BCUT2D eigenvalue weighted by molar-refractivity contribution is -0.137. The molecule has 0 aliphatic carbocycles. The Morgan fingerprint density at radius 2 is 2.05 bits per heavy atom. The fourth-order valence-corrected chi connectivity index (χ4v) is 2.31. The second kappa shape index (κ2) is 6.56. The van der Waals surface area contributed by atoms with Crippen LogP contribution in [0.15, 0.2) is 24.3 Å². The second-order valence-electron chi connectivity index (χ2n) is 5.00. The highest BCUT2D eigenvalue weighted by Gasteiger charge is 2.30. The Balaban J connectivity index is 2.03. The first-order valence-corrected chi connectivity index (χ1v) is 6.69. The van der Waals surface area contributed by atoms with E-state index in [0.29, 0.717) is 18.7 Å². The van der Waals surface area contributed by atoms with Crippen molar-refractivity contribution in [2.75, 3.05) is 32.8 Å². The average molecular weight is 288 g/mol. The first-order chi connectivity index (χ1) is 9.47. The highest BCUT2D eigenvalue weighted by molar-refractivity contribution is 5.28. The molecule has 20 heavy (non-hydrogen) atoms. The number of alkyl halides is 3. The summed E-state index contributed by atoms with van der Waals surface area (Å²) in [6.45, 7) is 3.56. The fraction of sp³-hybridized carbons (Fsp3) is 0.571. The topological polar surface area (TPSA) is 38.5 Å². The zero-order valence-electron chi connectivity index (χ0n) is 11.2. The van der Waals surface area contributed by atoms with Crippen molar-refractivity contribution in [3.05, 3.63) is 35.4 Å². The average Bonchev–Trinajstić information content (AvgIpc) is 2.66. The van der Waals surface area contributed by atoms with Crippen molar-refractivity contribution in [3.8, 4) is 0 Å². The molecular formula is C14H19F3N2O. The lowest BCUT2D eigenvalue weighted by Crippen LogP contribution is -2.34. The van der Waals surface area contributed by atoms with Gasteiger partial charge in [0.05, 0.1) is 12.2 Å². The largest absolute Gasteiger partial charge is 0.416 e. The van der Waals surface area contributed by atoms with Gasteiger partial charge in [0.2, 0.25) is 0 Å². The molecule has 0 saturated carbocycles. The minimum Gasteiger partial charge on any atom is -0.380 e. The molecule has 1 heterocycles. The van der Waals surface area contributed by atoms with Gasteiger partial charge in [-0.05, 0) is 24.1 Å². The Morgan fingerprint density at radius 1 is 1.25 bits per heavy atom. The molecule has 6 heteroatoms. The Kier molecular flexibility index (Phi) is 5.01. The van der Waals surface area contributed by atoms with E-state index in [2.05, 4.69) is 4.90 Å². The Labute approximate surface area is 116 Å². The molecule has 1 fully saturated rings. The minimum absolute atomic E-state index is 0.421. The maximum atomic E-state index is 12.7. The standard InChI is InChI=1S/C14H19F3N2O/c15-14(16,17)12-4-1-3-11(9-12)13(18)10-19-5-2-7-20-8-6-19/h1,3-4,9,13H,2,5-8,10,18H2. The molecule has 2 rings (SSSR count). The summed E-state index contributed by atoms with van der Waals surface area (Å²) in [4.78, 5) is 2.14. The summed E-state index contributed by atoms with van der Waals surface area (Å²) < 4.78 is 43.4. The van der Waals surface area contributed by atoms with Crippen LogP contribution in [0.1, 0.15) is 23.6 Å². The molecular weight excluding hydrogens is 269 g/mol. The number of ether oxygens (including phenoxy) is 1. The summed E-state index contributed by atoms with van der Waals surface area (Å²) in [6, 6.07) is 4.84. The summed E-state index contributed by atoms with van der Waals surface area (Å²) >= 11 is 0. The molecule has 0 radical (unpaired) electrons. The molecule has 1 unspecified atom stereocenters. The molecule has 1 atom stereocenters. The highest BCUT2D eigenvalue weighted by Crippen LogP contribution is 2.30. The highest BCUT2D eigenvalue weighted by atomic mass is 19.4. The number of nitrogens with zero attached hydrogens (tertiary/aromatic N) is 1. The lowest BCUT2D eigenvalue weighted by atomic mass is 10.0. The van der Waals surface area contributed by atoms with Gasteiger partial charge in [-0.25, -0.2) is 0 Å². The molecule has 112 valence electrons. The molecule has 0 amide bonds. The number of halogens is 3. The molecule has 1 saturated heterocycles. The zero-order chi connectivity index (χ0) is 14.6. The van der Waals surface area contributed by atoms with Crippen LogP contribution in [-0.4, -0.2) is 37.7 Å². The van der Waals surface area contributed by atoms with Crippen molar-refractivity contribution >= 4 is 0 Å². The van der Waals surface area contributed by atoms with E-state index in [-0.39, 0.29) is 0 Å². The monoisotopic (exact) mass is 288 g/mol. The van der Waals surface area contributed by atoms with Crippen molar-refractivity contribution in [1.82, 2.24) is 4.90 Å². The first kappa shape index (κ1) is 15.3. The van der Waals surface area contributed by atoms with Gasteiger partial charge in [-0.1, -0.05) is 12.1 Å². The van der Waals surface area contributed by atoms with Gasteiger partial charge in [0.25, 0.3) is 0 Å². The minimum atomic E-state index is -4.33. The molecule has 1 aliphatic rings. The van der Waals surface area contributed by atoms with E-state index in [1.165, 1.54) is 6.07 Å². The van der Waals surface area contributed by atoms with E-state index in [4.69, 9.17) is 10.5 Å². The maximum Gasteiger partial charge on any atom is 0.416 e. The summed E-state index contributed by atoms with van der Waals surface area (Å²) in [5.41, 5.74) is 5.91. The van der Waals surface area contributed by atoms with Crippen molar-refractivity contribution in [1.29, 1.82) is 0 Å². The van der Waals surface area contributed by atoms with Gasteiger partial charge in [0.15, 0.2) is 0 Å². The molecule has 1 aromatic carbocycles. The zero-order valence-corrected chi connectivity index (χ0v) is 11.2. The van der Waals surface area contributed by atoms with E-state index in [0.717, 1.165) is 38.2 Å². The van der Waals surface area contributed by atoms with Crippen LogP contribution >= 0.6 is 0 Å². The molecule has 3 nitrogen and oxygen atoms in total. The summed E-state index contributed by atoms with van der Waals surface area (Å²) in [6.07, 6.45) is -3.40. The molecule has 0 aromatic heterocycles. The quantitative estimate of drug-likeness (QED) is 0.928. The van der Waals surface area contributed by atoms with Gasteiger partial charge in [0, 0.05) is 32.3 Å². The van der Waals surface area contributed by atoms with Gasteiger partial charge < -0.3 is 10.5 Å². The number of hydrogen-bond donors (Lipinski definition) is 1. The molecule has 0 spiro atoms.